The highest BCUT2D eigenvalue weighted by atomic mass is 32.2. The summed E-state index contributed by atoms with van der Waals surface area (Å²) < 4.78 is 128. The van der Waals surface area contributed by atoms with E-state index in [1.165, 1.54) is 18.2 Å². The lowest BCUT2D eigenvalue weighted by Gasteiger charge is -2.36. The van der Waals surface area contributed by atoms with Crippen LogP contribution in [0.15, 0.2) is 65.6 Å². The van der Waals surface area contributed by atoms with E-state index in [-0.39, 0.29) is 35.4 Å². The fraction of sp³-hybridized carbons (Fsp3) is 0.296. The minimum atomic E-state index is -4.82. The molecule has 1 aliphatic heterocycles. The van der Waals surface area contributed by atoms with Crippen molar-refractivity contribution in [1.29, 1.82) is 0 Å². The molecule has 1 aliphatic carbocycles. The highest BCUT2D eigenvalue weighted by molar-refractivity contribution is 7.92. The number of carbonyl (C=O) groups excluding carboxylic acids is 1. The Kier molecular flexibility index (Phi) is 7.68. The number of benzene rings is 3. The lowest BCUT2D eigenvalue weighted by molar-refractivity contribution is -0.137. The van der Waals surface area contributed by atoms with Crippen LogP contribution in [0, 0.1) is 11.6 Å². The molecule has 3 aromatic carbocycles. The van der Waals surface area contributed by atoms with Crippen molar-refractivity contribution in [3.63, 3.8) is 0 Å². The first kappa shape index (κ1) is 29.8. The number of nitrogens with one attached hydrogen (secondary N) is 1. The molecule has 1 fully saturated rings. The molecule has 0 radical (unpaired) electrons. The third-order valence-electron chi connectivity index (χ3n) is 6.79. The molecule has 3 aromatic rings. The number of hydrogen-bond acceptors (Lipinski definition) is 6. The molecule has 0 unspecified atom stereocenters. The lowest BCUT2D eigenvalue weighted by atomic mass is 10.0. The summed E-state index contributed by atoms with van der Waals surface area (Å²) in [5.74, 6) is -2.60. The van der Waals surface area contributed by atoms with Gasteiger partial charge in [0.2, 0.25) is 15.9 Å². The molecule has 0 saturated heterocycles. The van der Waals surface area contributed by atoms with Crippen LogP contribution in [0.25, 0.3) is 11.1 Å². The van der Waals surface area contributed by atoms with Crippen LogP contribution in [0.2, 0.25) is 0 Å². The van der Waals surface area contributed by atoms with Gasteiger partial charge in [-0.05, 0) is 67.3 Å². The van der Waals surface area contributed by atoms with Gasteiger partial charge in [0.05, 0.1) is 27.9 Å². The van der Waals surface area contributed by atoms with E-state index >= 15 is 0 Å². The number of carbonyl (C=O) groups is 1. The number of nitrogens with zero attached hydrogens (tertiary/aromatic N) is 1. The number of amides is 1. The van der Waals surface area contributed by atoms with E-state index in [0.29, 0.717) is 25.0 Å². The molecular weight excluding hydrogens is 607 g/mol. The van der Waals surface area contributed by atoms with Crippen molar-refractivity contribution in [2.24, 2.45) is 0 Å². The number of hydrogen-bond donors (Lipinski definition) is 1. The summed E-state index contributed by atoms with van der Waals surface area (Å²) in [6, 6.07) is 9.92. The number of sulfonamides is 2. The summed E-state index contributed by atoms with van der Waals surface area (Å²) in [7, 11) is -8.48. The van der Waals surface area contributed by atoms with Crippen molar-refractivity contribution < 1.29 is 48.3 Å². The molecule has 0 bridgehead atoms. The van der Waals surface area contributed by atoms with Crippen LogP contribution in [-0.2, 0) is 31.0 Å². The van der Waals surface area contributed by atoms with E-state index in [1.54, 1.807) is 0 Å². The van der Waals surface area contributed by atoms with Gasteiger partial charge in [-0.1, -0.05) is 12.1 Å². The predicted octanol–water partition coefficient (Wildman–Crippen LogP) is 5.00. The van der Waals surface area contributed by atoms with Crippen LogP contribution < -0.4 is 13.8 Å². The standard InChI is InChI=1S/C27H23F5N2O6S2/c28-18-5-9-22(23(29)14-18)16-4-10-25-24(12-16)34(42(38,39)21-3-1-2-17(13-21)27(30,31)32)15-19(40-25)6-11-26(35)33-41(36,37)20-7-8-20/h1-5,9-10,12-14,19-20H,6-8,11,15H2,(H,33,35)/t19-/m0/s1. The summed E-state index contributed by atoms with van der Waals surface area (Å²) >= 11 is 0. The van der Waals surface area contributed by atoms with Crippen LogP contribution in [0.5, 0.6) is 5.75 Å². The molecule has 1 atom stereocenters. The maximum Gasteiger partial charge on any atom is 0.416 e. The molecule has 42 heavy (non-hydrogen) atoms. The molecule has 1 saturated carbocycles. The van der Waals surface area contributed by atoms with Crippen molar-refractivity contribution in [1.82, 2.24) is 4.72 Å². The molecular formula is C27H23F5N2O6S2. The van der Waals surface area contributed by atoms with Gasteiger partial charge in [-0.25, -0.2) is 25.6 Å². The largest absolute Gasteiger partial charge is 0.486 e. The Morgan fingerprint density at radius 1 is 0.976 bits per heavy atom. The van der Waals surface area contributed by atoms with Gasteiger partial charge in [0.15, 0.2) is 0 Å². The monoisotopic (exact) mass is 630 g/mol. The average molecular weight is 631 g/mol. The SMILES string of the molecule is O=C(CC[C@H]1CN(S(=O)(=O)c2cccc(C(F)(F)F)c2)c2cc(-c3ccc(F)cc3F)ccc2O1)NS(=O)(=O)C1CC1. The van der Waals surface area contributed by atoms with E-state index in [0.717, 1.165) is 34.6 Å². The van der Waals surface area contributed by atoms with Crippen LogP contribution >= 0.6 is 0 Å². The molecule has 8 nitrogen and oxygen atoms in total. The van der Waals surface area contributed by atoms with Crippen LogP contribution in [0.1, 0.15) is 31.2 Å². The summed E-state index contributed by atoms with van der Waals surface area (Å²) in [5, 5.41) is -0.632. The maximum absolute atomic E-state index is 14.5. The second kappa shape index (κ2) is 10.8. The number of alkyl halides is 3. The van der Waals surface area contributed by atoms with Gasteiger partial charge in [0, 0.05) is 18.1 Å². The Morgan fingerprint density at radius 3 is 2.38 bits per heavy atom. The van der Waals surface area contributed by atoms with Gasteiger partial charge >= 0.3 is 6.18 Å². The van der Waals surface area contributed by atoms with E-state index in [9.17, 15) is 43.6 Å². The average Bonchev–Trinajstić information content (AvgIpc) is 3.77. The van der Waals surface area contributed by atoms with Gasteiger partial charge in [-0.15, -0.1) is 0 Å². The zero-order valence-electron chi connectivity index (χ0n) is 21.6. The fourth-order valence-corrected chi connectivity index (χ4v) is 7.39. The summed E-state index contributed by atoms with van der Waals surface area (Å²) in [6.07, 6.45) is -5.41. The molecule has 1 heterocycles. The van der Waals surface area contributed by atoms with Gasteiger partial charge in [0.25, 0.3) is 10.0 Å². The topological polar surface area (TPSA) is 110 Å². The van der Waals surface area contributed by atoms with E-state index in [1.807, 2.05) is 4.72 Å². The first-order chi connectivity index (χ1) is 19.6. The molecule has 5 rings (SSSR count). The minimum absolute atomic E-state index is 0.0286. The van der Waals surface area contributed by atoms with Gasteiger partial charge < -0.3 is 4.74 Å². The zero-order valence-corrected chi connectivity index (χ0v) is 23.2. The zero-order chi connectivity index (χ0) is 30.4. The molecule has 1 N–H and O–H groups in total. The molecule has 0 aromatic heterocycles. The number of ether oxygens (including phenoxy) is 1. The fourth-order valence-electron chi connectivity index (χ4n) is 4.50. The Morgan fingerprint density at radius 2 is 1.71 bits per heavy atom. The smallest absolute Gasteiger partial charge is 0.416 e. The Balaban J connectivity index is 1.49. The lowest BCUT2D eigenvalue weighted by Crippen LogP contribution is -2.44. The molecule has 1 amide bonds. The van der Waals surface area contributed by atoms with Gasteiger partial charge in [0.1, 0.15) is 23.5 Å². The van der Waals surface area contributed by atoms with Crippen LogP contribution in [-0.4, -0.2) is 40.6 Å². The van der Waals surface area contributed by atoms with Crippen molar-refractivity contribution in [3.8, 4) is 16.9 Å². The summed E-state index contributed by atoms with van der Waals surface area (Å²) in [5.41, 5.74) is -1.23. The highest BCUT2D eigenvalue weighted by Gasteiger charge is 2.39. The molecule has 0 spiro atoms. The van der Waals surface area contributed by atoms with E-state index in [2.05, 4.69) is 0 Å². The van der Waals surface area contributed by atoms with Crippen LogP contribution in [0.4, 0.5) is 27.6 Å². The Hall–Kier alpha value is -3.72. The summed E-state index contributed by atoms with van der Waals surface area (Å²) in [4.78, 5) is 11.7. The van der Waals surface area contributed by atoms with Gasteiger partial charge in [-0.2, -0.15) is 13.2 Å². The normalized spacial score (nSPS) is 17.4. The van der Waals surface area contributed by atoms with Crippen molar-refractivity contribution in [2.45, 2.75) is 48.1 Å². The van der Waals surface area contributed by atoms with Crippen molar-refractivity contribution in [2.75, 3.05) is 10.8 Å². The second-order valence-corrected chi connectivity index (χ2v) is 13.7. The van der Waals surface area contributed by atoms with Crippen molar-refractivity contribution in [3.05, 3.63) is 77.9 Å². The first-order valence-electron chi connectivity index (χ1n) is 12.7. The second-order valence-electron chi connectivity index (χ2n) is 9.92. The van der Waals surface area contributed by atoms with Crippen molar-refractivity contribution >= 4 is 31.6 Å². The number of anilines is 1. The third-order valence-corrected chi connectivity index (χ3v) is 10.4. The predicted molar refractivity (Wildman–Crippen MR) is 142 cm³/mol. The number of fused-ring (bicyclic) bond motifs is 1. The Bertz CT molecular complexity index is 1760. The van der Waals surface area contributed by atoms with E-state index in [4.69, 9.17) is 4.74 Å². The Labute approximate surface area is 238 Å². The number of rotatable bonds is 8. The van der Waals surface area contributed by atoms with Crippen LogP contribution in [0.3, 0.4) is 0 Å². The van der Waals surface area contributed by atoms with E-state index < -0.39 is 72.1 Å². The summed E-state index contributed by atoms with van der Waals surface area (Å²) in [6.45, 7) is -0.455. The molecule has 224 valence electrons. The molecule has 15 heteroatoms. The van der Waals surface area contributed by atoms with Gasteiger partial charge in [-0.3, -0.25) is 13.8 Å². The maximum atomic E-state index is 14.5. The minimum Gasteiger partial charge on any atom is -0.486 e. The third kappa shape index (κ3) is 6.21. The number of halogens is 5. The quantitative estimate of drug-likeness (QED) is 0.351. The highest BCUT2D eigenvalue weighted by Crippen LogP contribution is 2.41. The molecule has 2 aliphatic rings. The first-order valence-corrected chi connectivity index (χ1v) is 15.6.